The average Bonchev–Trinajstić information content (AvgIpc) is 1.98. The van der Waals surface area contributed by atoms with Crippen molar-refractivity contribution in [2.75, 3.05) is 0 Å². The third-order valence-electron chi connectivity index (χ3n) is 1.85. The molecule has 8 heavy (non-hydrogen) atoms. The van der Waals surface area contributed by atoms with Crippen molar-refractivity contribution < 1.29 is 0 Å². The van der Waals surface area contributed by atoms with Crippen LogP contribution in [0.3, 0.4) is 0 Å². The molecule has 0 radical (unpaired) electrons. The maximum absolute atomic E-state index is 4.06. The van der Waals surface area contributed by atoms with Gasteiger partial charge in [0.25, 0.3) is 0 Å². The molecule has 0 amide bonds. The Morgan fingerprint density at radius 3 is 2.25 bits per heavy atom. The molecule has 0 fully saturated rings. The lowest BCUT2D eigenvalue weighted by molar-refractivity contribution is 0.541. The molecule has 1 heterocycles. The molecule has 1 rings (SSSR count). The van der Waals surface area contributed by atoms with Gasteiger partial charge < -0.3 is 5.43 Å². The Bertz CT molecular complexity index is 118. The van der Waals surface area contributed by atoms with E-state index in [4.69, 9.17) is 0 Å². The summed E-state index contributed by atoms with van der Waals surface area (Å²) in [5.41, 5.74) is 4.23. The minimum absolute atomic E-state index is 0.537. The van der Waals surface area contributed by atoms with Crippen molar-refractivity contribution in [3.63, 3.8) is 0 Å². The van der Waals surface area contributed by atoms with Crippen molar-refractivity contribution in [3.8, 4) is 0 Å². The van der Waals surface area contributed by atoms with Crippen LogP contribution in [0, 0.1) is 5.92 Å². The molecule has 0 aromatic heterocycles. The van der Waals surface area contributed by atoms with Gasteiger partial charge in [0.15, 0.2) is 0 Å². The Balaban J connectivity index is 2.59. The number of hydrogen-bond donors (Lipinski definition) is 1. The van der Waals surface area contributed by atoms with E-state index in [2.05, 4.69) is 31.3 Å². The van der Waals surface area contributed by atoms with Crippen LogP contribution in [0.5, 0.6) is 0 Å². The van der Waals surface area contributed by atoms with Crippen LogP contribution in [0.25, 0.3) is 0 Å². The minimum Gasteiger partial charge on any atom is -0.307 e. The first-order chi connectivity index (χ1) is 3.72. The first-order valence-corrected chi connectivity index (χ1v) is 3.01. The molecule has 46 valence electrons. The number of nitrogens with zero attached hydrogens (tertiary/aromatic N) is 1. The van der Waals surface area contributed by atoms with Crippen molar-refractivity contribution in [1.29, 1.82) is 0 Å². The highest BCUT2D eigenvalue weighted by atomic mass is 15.3. The normalized spacial score (nSPS) is 36.6. The molecule has 1 N–H and O–H groups in total. The van der Waals surface area contributed by atoms with Gasteiger partial charge in [0.05, 0.1) is 0 Å². The highest BCUT2D eigenvalue weighted by molar-refractivity contribution is 5.85. The van der Waals surface area contributed by atoms with Crippen molar-refractivity contribution >= 4 is 5.71 Å². The summed E-state index contributed by atoms with van der Waals surface area (Å²) in [7, 11) is 0. The zero-order valence-corrected chi connectivity index (χ0v) is 5.60. The van der Waals surface area contributed by atoms with Crippen LogP contribution in [0.1, 0.15) is 20.8 Å². The molecule has 2 atom stereocenters. The molecular weight excluding hydrogens is 100 g/mol. The molecule has 0 saturated heterocycles. The van der Waals surface area contributed by atoms with E-state index in [-0.39, 0.29) is 0 Å². The van der Waals surface area contributed by atoms with Crippen LogP contribution in [-0.2, 0) is 0 Å². The van der Waals surface area contributed by atoms with Crippen molar-refractivity contribution in [2.24, 2.45) is 11.0 Å². The lowest BCUT2D eigenvalue weighted by atomic mass is 10.0. The Hall–Kier alpha value is -0.530. The van der Waals surface area contributed by atoms with E-state index in [1.54, 1.807) is 0 Å². The van der Waals surface area contributed by atoms with Crippen LogP contribution in [-0.4, -0.2) is 11.8 Å². The molecular formula is C6H12N2. The van der Waals surface area contributed by atoms with Gasteiger partial charge in [-0.1, -0.05) is 6.92 Å². The molecule has 1 aliphatic heterocycles. The summed E-state index contributed by atoms with van der Waals surface area (Å²) in [6, 6.07) is 0.537. The molecule has 0 aromatic rings. The van der Waals surface area contributed by atoms with Gasteiger partial charge in [-0.25, -0.2) is 0 Å². The van der Waals surface area contributed by atoms with Gasteiger partial charge in [-0.2, -0.15) is 5.10 Å². The number of hydrogen-bond acceptors (Lipinski definition) is 2. The summed E-state index contributed by atoms with van der Waals surface area (Å²) in [5.74, 6) is 0.620. The van der Waals surface area contributed by atoms with Crippen molar-refractivity contribution in [3.05, 3.63) is 0 Å². The molecule has 0 bridgehead atoms. The lowest BCUT2D eigenvalue weighted by Gasteiger charge is -2.06. The monoisotopic (exact) mass is 112 g/mol. The fourth-order valence-electron chi connectivity index (χ4n) is 0.779. The highest BCUT2D eigenvalue weighted by Crippen LogP contribution is 2.09. The van der Waals surface area contributed by atoms with Crippen LogP contribution >= 0.6 is 0 Å². The Morgan fingerprint density at radius 1 is 1.50 bits per heavy atom. The van der Waals surface area contributed by atoms with Gasteiger partial charge in [0, 0.05) is 17.7 Å². The van der Waals surface area contributed by atoms with E-state index in [1.165, 1.54) is 5.71 Å². The number of nitrogens with one attached hydrogen (secondary N) is 1. The first kappa shape index (κ1) is 5.60. The van der Waals surface area contributed by atoms with Gasteiger partial charge in [-0.05, 0) is 13.8 Å². The van der Waals surface area contributed by atoms with Crippen LogP contribution in [0.4, 0.5) is 0 Å². The Kier molecular flexibility index (Phi) is 1.24. The Morgan fingerprint density at radius 2 is 2.12 bits per heavy atom. The molecule has 2 nitrogen and oxygen atoms in total. The third-order valence-corrected chi connectivity index (χ3v) is 1.85. The second-order valence-electron chi connectivity index (χ2n) is 2.46. The van der Waals surface area contributed by atoms with Gasteiger partial charge in [-0.15, -0.1) is 0 Å². The van der Waals surface area contributed by atoms with Crippen molar-refractivity contribution in [2.45, 2.75) is 26.8 Å². The summed E-state index contributed by atoms with van der Waals surface area (Å²) in [4.78, 5) is 0. The van der Waals surface area contributed by atoms with Crippen LogP contribution in [0.15, 0.2) is 5.10 Å². The second-order valence-corrected chi connectivity index (χ2v) is 2.46. The average molecular weight is 112 g/mol. The summed E-state index contributed by atoms with van der Waals surface area (Å²) >= 11 is 0. The summed E-state index contributed by atoms with van der Waals surface area (Å²) in [6.07, 6.45) is 0. The van der Waals surface area contributed by atoms with Crippen LogP contribution < -0.4 is 5.43 Å². The topological polar surface area (TPSA) is 24.4 Å². The fourth-order valence-corrected chi connectivity index (χ4v) is 0.779. The van der Waals surface area contributed by atoms with Gasteiger partial charge in [-0.3, -0.25) is 0 Å². The maximum atomic E-state index is 4.06. The van der Waals surface area contributed by atoms with E-state index < -0.39 is 0 Å². The molecule has 0 aromatic carbocycles. The molecule has 0 aliphatic carbocycles. The zero-order valence-electron chi connectivity index (χ0n) is 5.60. The van der Waals surface area contributed by atoms with Gasteiger partial charge >= 0.3 is 0 Å². The fraction of sp³-hybridized carbons (Fsp3) is 0.833. The SMILES string of the molecule is CC1=NNC(C)C1C. The van der Waals surface area contributed by atoms with E-state index in [0.29, 0.717) is 12.0 Å². The van der Waals surface area contributed by atoms with E-state index in [0.717, 1.165) is 0 Å². The van der Waals surface area contributed by atoms with Gasteiger partial charge in [0.1, 0.15) is 0 Å². The molecule has 2 unspecified atom stereocenters. The standard InChI is InChI=1S/C6H12N2/c1-4-5(2)7-8-6(4)3/h4-5,7H,1-3H3. The minimum atomic E-state index is 0.537. The van der Waals surface area contributed by atoms with Crippen molar-refractivity contribution in [1.82, 2.24) is 5.43 Å². The van der Waals surface area contributed by atoms with Gasteiger partial charge in [0.2, 0.25) is 0 Å². The number of hydrazone groups is 1. The Labute approximate surface area is 50.0 Å². The molecule has 0 saturated carbocycles. The smallest absolute Gasteiger partial charge is 0.0490 e. The quantitative estimate of drug-likeness (QED) is 0.496. The zero-order chi connectivity index (χ0) is 6.15. The summed E-state index contributed by atoms with van der Waals surface area (Å²) in [5, 5.41) is 4.06. The van der Waals surface area contributed by atoms with E-state index in [1.807, 2.05) is 0 Å². The summed E-state index contributed by atoms with van der Waals surface area (Å²) < 4.78 is 0. The predicted molar refractivity (Wildman–Crippen MR) is 34.9 cm³/mol. The molecule has 1 aliphatic rings. The second kappa shape index (κ2) is 1.77. The molecule has 2 heteroatoms. The van der Waals surface area contributed by atoms with Crippen LogP contribution in [0.2, 0.25) is 0 Å². The first-order valence-electron chi connectivity index (χ1n) is 3.01. The highest BCUT2D eigenvalue weighted by Gasteiger charge is 2.19. The third kappa shape index (κ3) is 0.703. The van der Waals surface area contributed by atoms with E-state index >= 15 is 0 Å². The lowest BCUT2D eigenvalue weighted by Crippen LogP contribution is -2.22. The predicted octanol–water partition coefficient (Wildman–Crippen LogP) is 0.990. The largest absolute Gasteiger partial charge is 0.307 e. The number of rotatable bonds is 0. The summed E-state index contributed by atoms with van der Waals surface area (Å²) in [6.45, 7) is 6.38. The van der Waals surface area contributed by atoms with E-state index in [9.17, 15) is 0 Å². The maximum Gasteiger partial charge on any atom is 0.0490 e. The molecule has 0 spiro atoms.